The van der Waals surface area contributed by atoms with Crippen LogP contribution in [0.4, 0.5) is 0 Å². The third-order valence-corrected chi connectivity index (χ3v) is 9.62. The van der Waals surface area contributed by atoms with Gasteiger partial charge in [-0.15, -0.1) is 0 Å². The van der Waals surface area contributed by atoms with Crippen molar-refractivity contribution in [2.45, 2.75) is 99.5 Å². The quantitative estimate of drug-likeness (QED) is 0.266. The van der Waals surface area contributed by atoms with E-state index in [4.69, 9.17) is 0 Å². The van der Waals surface area contributed by atoms with Crippen LogP contribution in [0, 0.1) is 28.1 Å². The number of ketones is 1. The highest BCUT2D eigenvalue weighted by Crippen LogP contribution is 2.69. The lowest BCUT2D eigenvalue weighted by atomic mass is 9.43. The van der Waals surface area contributed by atoms with E-state index in [1.807, 2.05) is 0 Å². The number of aliphatic hydroxyl groups excluding tert-OH is 2. The predicted molar refractivity (Wildman–Crippen MR) is 137 cm³/mol. The van der Waals surface area contributed by atoms with E-state index < -0.39 is 11.5 Å². The summed E-state index contributed by atoms with van der Waals surface area (Å²) in [6.45, 7) is 15.2. The first-order valence-corrected chi connectivity index (χ1v) is 12.9. The van der Waals surface area contributed by atoms with Gasteiger partial charge in [-0.3, -0.25) is 4.79 Å². The molecule has 0 aromatic rings. The Balaban J connectivity index is 1.87. The number of fused-ring (bicyclic) bond motifs is 3. The van der Waals surface area contributed by atoms with Crippen LogP contribution < -0.4 is 0 Å². The third kappa shape index (κ3) is 4.60. The van der Waals surface area contributed by atoms with Gasteiger partial charge in [0.05, 0.1) is 12.7 Å². The summed E-state index contributed by atoms with van der Waals surface area (Å²) >= 11 is 0. The van der Waals surface area contributed by atoms with Crippen LogP contribution in [0.1, 0.15) is 93.4 Å². The van der Waals surface area contributed by atoms with Crippen molar-refractivity contribution in [2.24, 2.45) is 28.1 Å². The average molecular weight is 455 g/mol. The SMILES string of the molecule is CC(C)=CCCC(C)=CC=C/C(C)=C1\C(=O)C[C@H]2[C@@]3(C)CC[C@H](O)[C@](C)(CO)[C@@H]3CC[C@]12C. The van der Waals surface area contributed by atoms with Crippen LogP contribution >= 0.6 is 0 Å². The van der Waals surface area contributed by atoms with Gasteiger partial charge in [0, 0.05) is 22.8 Å². The van der Waals surface area contributed by atoms with Gasteiger partial charge in [0.2, 0.25) is 0 Å². The summed E-state index contributed by atoms with van der Waals surface area (Å²) in [6, 6.07) is 0. The second-order valence-electron chi connectivity index (χ2n) is 12.2. The molecular formula is C30H46O3. The summed E-state index contributed by atoms with van der Waals surface area (Å²) in [5, 5.41) is 21.0. The molecule has 3 aliphatic rings. The monoisotopic (exact) mass is 454 g/mol. The molecule has 0 spiro atoms. The molecule has 3 heteroatoms. The zero-order valence-electron chi connectivity index (χ0n) is 22.0. The normalized spacial score (nSPS) is 40.6. The molecule has 184 valence electrons. The number of carbonyl (C=O) groups excluding carboxylic acids is 1. The van der Waals surface area contributed by atoms with E-state index in [2.05, 4.69) is 72.8 Å². The summed E-state index contributed by atoms with van der Waals surface area (Å²) in [4.78, 5) is 13.4. The molecule has 0 aliphatic heterocycles. The molecule has 33 heavy (non-hydrogen) atoms. The van der Waals surface area contributed by atoms with E-state index in [-0.39, 0.29) is 29.3 Å². The number of carbonyl (C=O) groups is 1. The molecule has 3 nitrogen and oxygen atoms in total. The van der Waals surface area contributed by atoms with Crippen molar-refractivity contribution in [1.82, 2.24) is 0 Å². The van der Waals surface area contributed by atoms with Crippen LogP contribution in [0.2, 0.25) is 0 Å². The minimum Gasteiger partial charge on any atom is -0.396 e. The number of hydrogen-bond acceptors (Lipinski definition) is 3. The van der Waals surface area contributed by atoms with Gasteiger partial charge < -0.3 is 10.2 Å². The summed E-state index contributed by atoms with van der Waals surface area (Å²) < 4.78 is 0. The zero-order chi connectivity index (χ0) is 24.6. The highest BCUT2D eigenvalue weighted by atomic mass is 16.3. The maximum absolute atomic E-state index is 13.4. The molecule has 0 aromatic carbocycles. The van der Waals surface area contributed by atoms with Gasteiger partial charge in [-0.1, -0.05) is 56.2 Å². The maximum atomic E-state index is 13.4. The maximum Gasteiger partial charge on any atom is 0.160 e. The van der Waals surface area contributed by atoms with Crippen LogP contribution in [0.15, 0.2) is 46.6 Å². The molecule has 0 aromatic heterocycles. The lowest BCUT2D eigenvalue weighted by Gasteiger charge is -2.62. The number of aliphatic hydroxyl groups is 2. The fraction of sp³-hybridized carbons (Fsp3) is 0.700. The van der Waals surface area contributed by atoms with Crippen LogP contribution in [0.5, 0.6) is 0 Å². The minimum absolute atomic E-state index is 0.00949. The summed E-state index contributed by atoms with van der Waals surface area (Å²) in [7, 11) is 0. The molecule has 3 aliphatic carbocycles. The molecule has 3 saturated carbocycles. The first kappa shape index (κ1) is 26.2. The molecule has 0 saturated heterocycles. The standard InChI is InChI=1S/C30H46O3/c1-20(2)10-8-11-21(3)12-9-13-22(4)27-23(32)18-25-28(5)17-15-26(33)30(7,19-31)24(28)14-16-29(25,27)6/h9-10,12-13,24-26,31,33H,8,11,14-19H2,1-7H3/b13-9?,21-12?,27-22+/t24-,25+,26+,28+,29+,30-/m1/s1. The summed E-state index contributed by atoms with van der Waals surface area (Å²) in [5.41, 5.74) is 4.19. The first-order chi connectivity index (χ1) is 15.4. The fourth-order valence-corrected chi connectivity index (χ4v) is 7.72. The zero-order valence-corrected chi connectivity index (χ0v) is 22.0. The van der Waals surface area contributed by atoms with Crippen LogP contribution in [0.25, 0.3) is 0 Å². The first-order valence-electron chi connectivity index (χ1n) is 12.9. The highest BCUT2D eigenvalue weighted by molar-refractivity contribution is 6.00. The lowest BCUT2D eigenvalue weighted by Crippen LogP contribution is -2.59. The minimum atomic E-state index is -0.480. The largest absolute Gasteiger partial charge is 0.396 e. The van der Waals surface area contributed by atoms with Gasteiger partial charge in [0.15, 0.2) is 5.78 Å². The smallest absolute Gasteiger partial charge is 0.160 e. The van der Waals surface area contributed by atoms with Crippen LogP contribution in [-0.2, 0) is 4.79 Å². The van der Waals surface area contributed by atoms with E-state index in [0.717, 1.165) is 43.3 Å². The Morgan fingerprint density at radius 3 is 2.39 bits per heavy atom. The average Bonchev–Trinajstić information content (AvgIpc) is 3.02. The van der Waals surface area contributed by atoms with Crippen molar-refractivity contribution in [3.05, 3.63) is 46.6 Å². The molecule has 0 unspecified atom stereocenters. The van der Waals surface area contributed by atoms with Gasteiger partial charge in [0.1, 0.15) is 0 Å². The summed E-state index contributed by atoms with van der Waals surface area (Å²) in [5.74, 6) is 0.813. The summed E-state index contributed by atoms with van der Waals surface area (Å²) in [6.07, 6.45) is 14.5. The van der Waals surface area contributed by atoms with Gasteiger partial charge in [-0.2, -0.15) is 0 Å². The predicted octanol–water partition coefficient (Wildman–Crippen LogP) is 6.72. The van der Waals surface area contributed by atoms with Crippen molar-refractivity contribution in [1.29, 1.82) is 0 Å². The van der Waals surface area contributed by atoms with Gasteiger partial charge >= 0.3 is 0 Å². The Morgan fingerprint density at radius 2 is 1.76 bits per heavy atom. The molecule has 0 heterocycles. The molecule has 3 rings (SSSR count). The third-order valence-electron chi connectivity index (χ3n) is 9.62. The van der Waals surface area contributed by atoms with E-state index in [1.165, 1.54) is 11.1 Å². The number of Topliss-reactive ketones (excluding diaryl/α,β-unsaturated/α-hetero) is 1. The topological polar surface area (TPSA) is 57.5 Å². The Hall–Kier alpha value is -1.45. The van der Waals surface area contributed by atoms with E-state index in [0.29, 0.717) is 18.6 Å². The molecule has 0 bridgehead atoms. The Morgan fingerprint density at radius 1 is 1.06 bits per heavy atom. The lowest BCUT2D eigenvalue weighted by molar-refractivity contribution is -0.178. The van der Waals surface area contributed by atoms with Gasteiger partial charge in [-0.05, 0) is 89.0 Å². The Labute approximate surface area is 201 Å². The van der Waals surface area contributed by atoms with Crippen molar-refractivity contribution in [3.63, 3.8) is 0 Å². The Kier molecular flexibility index (Phi) is 7.66. The number of allylic oxidation sites excluding steroid dienone is 8. The molecular weight excluding hydrogens is 408 g/mol. The van der Waals surface area contributed by atoms with Gasteiger partial charge in [-0.25, -0.2) is 0 Å². The molecule has 3 fully saturated rings. The second-order valence-corrected chi connectivity index (χ2v) is 12.2. The second kappa shape index (κ2) is 9.66. The van der Waals surface area contributed by atoms with Crippen molar-refractivity contribution < 1.29 is 15.0 Å². The van der Waals surface area contributed by atoms with Gasteiger partial charge in [0.25, 0.3) is 0 Å². The van der Waals surface area contributed by atoms with Crippen LogP contribution in [-0.4, -0.2) is 28.7 Å². The molecule has 6 atom stereocenters. The number of rotatable bonds is 6. The molecule has 0 radical (unpaired) electrons. The molecule has 2 N–H and O–H groups in total. The van der Waals surface area contributed by atoms with Crippen molar-refractivity contribution in [3.8, 4) is 0 Å². The Bertz CT molecular complexity index is 886. The van der Waals surface area contributed by atoms with E-state index in [9.17, 15) is 15.0 Å². The number of hydrogen-bond donors (Lipinski definition) is 2. The van der Waals surface area contributed by atoms with Crippen molar-refractivity contribution in [2.75, 3.05) is 6.61 Å². The highest BCUT2D eigenvalue weighted by Gasteiger charge is 2.65. The molecule has 0 amide bonds. The van der Waals surface area contributed by atoms with E-state index >= 15 is 0 Å². The van der Waals surface area contributed by atoms with E-state index in [1.54, 1.807) is 0 Å². The van der Waals surface area contributed by atoms with Crippen LogP contribution in [0.3, 0.4) is 0 Å². The van der Waals surface area contributed by atoms with Crippen molar-refractivity contribution >= 4 is 5.78 Å². The fourth-order valence-electron chi connectivity index (χ4n) is 7.72.